The number of hydrogen-bond acceptors (Lipinski definition) is 3. The predicted molar refractivity (Wildman–Crippen MR) is 273 cm³/mol. The molecule has 3 aromatic heterocycles. The third-order valence-corrected chi connectivity index (χ3v) is 14.5. The number of para-hydroxylation sites is 2. The minimum Gasteiger partial charge on any atom is -0.500 e. The van der Waals surface area contributed by atoms with E-state index in [-0.39, 0.29) is 37.8 Å². The fraction of sp³-hybridized carbons (Fsp3) is 0.153. The summed E-state index contributed by atoms with van der Waals surface area (Å²) in [5.74, 6) is 0.751. The van der Waals surface area contributed by atoms with E-state index in [1.54, 1.807) is 0 Å². The maximum absolute atomic E-state index is 16.0. The molecule has 66 heavy (non-hydrogen) atoms. The van der Waals surface area contributed by atoms with Crippen LogP contribution in [0.25, 0.3) is 94.0 Å². The Labute approximate surface area is 400 Å². The van der Waals surface area contributed by atoms with Gasteiger partial charge >= 0.3 is 0 Å². The van der Waals surface area contributed by atoms with Crippen molar-refractivity contribution in [1.29, 1.82) is 0 Å². The average Bonchev–Trinajstić information content (AvgIpc) is 3.90. The van der Waals surface area contributed by atoms with Gasteiger partial charge in [-0.05, 0) is 109 Å². The van der Waals surface area contributed by atoms with Crippen molar-refractivity contribution in [3.63, 3.8) is 0 Å². The van der Waals surface area contributed by atoms with Crippen LogP contribution in [0.1, 0.15) is 50.7 Å². The molecule has 329 valence electrons. The molecule has 0 atom stereocenters. The van der Waals surface area contributed by atoms with Crippen LogP contribution in [-0.2, 0) is 20.1 Å². The van der Waals surface area contributed by atoms with Crippen LogP contribution in [0.3, 0.4) is 0 Å². The van der Waals surface area contributed by atoms with Gasteiger partial charge in [0.1, 0.15) is 5.58 Å². The summed E-state index contributed by atoms with van der Waals surface area (Å²) in [5, 5.41) is 7.03. The molecule has 8 aromatic carbocycles. The number of imidazole rings is 1. The first-order valence-electron chi connectivity index (χ1n) is 22.5. The zero-order valence-corrected chi connectivity index (χ0v) is 41.6. The second-order valence-electron chi connectivity index (χ2n) is 18.6. The number of pyridine rings is 1. The Kier molecular flexibility index (Phi) is 12.2. The fourth-order valence-corrected chi connectivity index (χ4v) is 10.2. The van der Waals surface area contributed by atoms with E-state index in [0.717, 1.165) is 54.9 Å². The zero-order chi connectivity index (χ0) is 45.0. The summed E-state index contributed by atoms with van der Waals surface area (Å²) in [7, 11) is -1.25. The topological polar surface area (TPSA) is 43.9 Å². The molecule has 0 aliphatic rings. The largest absolute Gasteiger partial charge is 0.500 e. The van der Waals surface area contributed by atoms with Crippen LogP contribution in [0.2, 0.25) is 19.6 Å². The molecule has 0 saturated carbocycles. The van der Waals surface area contributed by atoms with Crippen molar-refractivity contribution in [2.45, 2.75) is 59.2 Å². The fourth-order valence-electron chi connectivity index (χ4n) is 9.08. The van der Waals surface area contributed by atoms with Crippen molar-refractivity contribution in [2.75, 3.05) is 0 Å². The monoisotopic (exact) mass is 1060 g/mol. The number of aromatic nitrogens is 3. The van der Waals surface area contributed by atoms with Crippen LogP contribution >= 0.6 is 0 Å². The summed E-state index contributed by atoms with van der Waals surface area (Å²) in [5.41, 5.74) is 11.6. The van der Waals surface area contributed by atoms with Gasteiger partial charge in [0.25, 0.3) is 0 Å². The maximum Gasteiger partial charge on any atom is 0.121 e. The summed E-state index contributed by atoms with van der Waals surface area (Å²) in [4.78, 5) is 9.65. The van der Waals surface area contributed by atoms with Crippen LogP contribution in [-0.4, -0.2) is 22.6 Å². The first-order valence-corrected chi connectivity index (χ1v) is 26.0. The Morgan fingerprint density at radius 1 is 0.652 bits per heavy atom. The van der Waals surface area contributed by atoms with Crippen molar-refractivity contribution < 1.29 is 28.9 Å². The number of halogens is 1. The van der Waals surface area contributed by atoms with Gasteiger partial charge in [-0.2, -0.15) is 0 Å². The number of nitrogens with zero attached hydrogens (tertiary/aromatic N) is 3. The molecule has 1 radical (unpaired) electrons. The van der Waals surface area contributed by atoms with E-state index < -0.39 is 8.07 Å². The van der Waals surface area contributed by atoms with Gasteiger partial charge in [0.05, 0.1) is 30.5 Å². The van der Waals surface area contributed by atoms with Crippen molar-refractivity contribution in [1.82, 2.24) is 14.5 Å². The normalized spacial score (nSPS) is 11.8. The van der Waals surface area contributed by atoms with E-state index in [1.807, 2.05) is 54.7 Å². The van der Waals surface area contributed by atoms with E-state index in [4.69, 9.17) is 9.40 Å². The minimum absolute atomic E-state index is 0. The molecule has 11 rings (SSSR count). The second kappa shape index (κ2) is 18.1. The number of rotatable bonds is 7. The quantitative estimate of drug-likeness (QED) is 0.0908. The van der Waals surface area contributed by atoms with Crippen LogP contribution < -0.4 is 5.19 Å². The van der Waals surface area contributed by atoms with Gasteiger partial charge in [-0.3, -0.25) is 9.37 Å². The van der Waals surface area contributed by atoms with Gasteiger partial charge in [-0.25, -0.2) is 0 Å². The van der Waals surface area contributed by atoms with E-state index in [1.165, 1.54) is 33.5 Å². The predicted octanol–water partition coefficient (Wildman–Crippen LogP) is 15.8. The summed E-state index contributed by atoms with van der Waals surface area (Å²) in [6, 6.07) is 60.3. The summed E-state index contributed by atoms with van der Waals surface area (Å²) < 4.78 is 24.9. The number of furan rings is 1. The van der Waals surface area contributed by atoms with Crippen LogP contribution in [0.15, 0.2) is 168 Å². The molecule has 0 fully saturated rings. The molecule has 0 aliphatic carbocycles. The molecule has 0 saturated heterocycles. The molecular formula is C59H50FIrN3OSi-2. The molecule has 0 aliphatic heterocycles. The Balaban J connectivity index is 0.000000273. The van der Waals surface area contributed by atoms with Crippen molar-refractivity contribution in [3.8, 4) is 39.5 Å². The molecule has 4 nitrogen and oxygen atoms in total. The molecule has 0 amide bonds. The Hall–Kier alpha value is -6.50. The molecule has 0 N–H and O–H groups in total. The van der Waals surface area contributed by atoms with E-state index >= 15 is 4.39 Å². The molecule has 11 aromatic rings. The van der Waals surface area contributed by atoms with Gasteiger partial charge in [0, 0.05) is 43.2 Å². The minimum atomic E-state index is -1.25. The first-order chi connectivity index (χ1) is 31.4. The summed E-state index contributed by atoms with van der Waals surface area (Å²) >= 11 is 0. The van der Waals surface area contributed by atoms with E-state index in [9.17, 15) is 0 Å². The first kappa shape index (κ1) is 44.7. The van der Waals surface area contributed by atoms with Gasteiger partial charge in [-0.15, -0.1) is 48.0 Å². The van der Waals surface area contributed by atoms with Crippen LogP contribution in [0.5, 0.6) is 0 Å². The maximum atomic E-state index is 16.0. The van der Waals surface area contributed by atoms with Gasteiger partial charge in [0.15, 0.2) is 0 Å². The molecule has 0 unspecified atom stereocenters. The van der Waals surface area contributed by atoms with Gasteiger partial charge < -0.3 is 14.0 Å². The van der Waals surface area contributed by atoms with Crippen molar-refractivity contribution in [2.24, 2.45) is 0 Å². The van der Waals surface area contributed by atoms with Crippen molar-refractivity contribution >= 4 is 67.8 Å². The van der Waals surface area contributed by atoms with E-state index in [0.29, 0.717) is 27.9 Å². The standard InChI is InChI=1S/C45H34FN2O.C14H16NSi.Ir/c1-26(2)34-23-31(28-12-6-5-7-13-28)24-35(27(3)4)43(34)48-40-17-11-10-16-39(40)47-45(48)33-20-21-38(46)42-37-22-30-19-18-29-14-8-9-15-32(29)36(30)25-41(37)49-44(33)42;1-16(2,3)13-9-10-15-14(11-13)12-7-5-4-6-8-12;/h5-19,21-27H,1-4H3;4-7,9-11H,1-3H3;/q2*-1;. The van der Waals surface area contributed by atoms with Crippen molar-refractivity contribution in [3.05, 3.63) is 193 Å². The van der Waals surface area contributed by atoms with Crippen LogP contribution in [0, 0.1) is 17.9 Å². The molecule has 3 heterocycles. The number of benzene rings is 8. The third kappa shape index (κ3) is 8.21. The van der Waals surface area contributed by atoms with Gasteiger partial charge in [0.2, 0.25) is 0 Å². The van der Waals surface area contributed by atoms with Crippen LogP contribution in [0.4, 0.5) is 4.39 Å². The molecular weight excluding hydrogens is 1010 g/mol. The second-order valence-corrected chi connectivity index (χ2v) is 23.6. The summed E-state index contributed by atoms with van der Waals surface area (Å²) in [6.07, 6.45) is 1.91. The van der Waals surface area contributed by atoms with Gasteiger partial charge in [-0.1, -0.05) is 143 Å². The Bertz CT molecular complexity index is 3520. The zero-order valence-electron chi connectivity index (χ0n) is 38.2. The SMILES string of the molecule is CC(C)c1cc(-c2ccccc2)cc(C(C)C)c1-n1c(-c2[c-]cc(F)c3c2oc2cc4c(ccc5ccccc54)cc23)nc2ccccc21.C[Si](C)(C)c1ccnc(-c2[c-]cccc2)c1.[Ir]. The Morgan fingerprint density at radius 3 is 2.08 bits per heavy atom. The summed E-state index contributed by atoms with van der Waals surface area (Å²) in [6.45, 7) is 16.0. The smallest absolute Gasteiger partial charge is 0.121 e. The molecule has 7 heteroatoms. The average molecular weight is 1060 g/mol. The van der Waals surface area contributed by atoms with E-state index in [2.05, 4.69) is 172 Å². The molecule has 0 bridgehead atoms. The number of hydrogen-bond donors (Lipinski definition) is 0. The molecule has 0 spiro atoms. The Morgan fingerprint density at radius 2 is 1.35 bits per heavy atom. The number of fused-ring (bicyclic) bond motifs is 7. The third-order valence-electron chi connectivity index (χ3n) is 12.5.